The molecule has 0 aromatic carbocycles. The second-order valence-electron chi connectivity index (χ2n) is 4.55. The zero-order chi connectivity index (χ0) is 11.3. The number of nitrogens with one attached hydrogen (secondary N) is 1. The third-order valence-electron chi connectivity index (χ3n) is 2.42. The van der Waals surface area contributed by atoms with E-state index in [1.165, 1.54) is 11.1 Å². The first kappa shape index (κ1) is 12.5. The molecule has 0 spiro atoms. The molecule has 0 bridgehead atoms. The van der Waals surface area contributed by atoms with Crippen LogP contribution in [0.1, 0.15) is 31.4 Å². The fourth-order valence-corrected chi connectivity index (χ4v) is 1.85. The van der Waals surface area contributed by atoms with E-state index in [2.05, 4.69) is 37.1 Å². The first-order chi connectivity index (χ1) is 7.03. The number of alkyl halides is 1. The van der Waals surface area contributed by atoms with Gasteiger partial charge in [0.05, 0.1) is 0 Å². The van der Waals surface area contributed by atoms with Crippen molar-refractivity contribution in [3.63, 3.8) is 0 Å². The van der Waals surface area contributed by atoms with Crippen molar-refractivity contribution < 1.29 is 0 Å². The number of pyridine rings is 1. The van der Waals surface area contributed by atoms with E-state index in [0.29, 0.717) is 5.88 Å². The second kappa shape index (κ2) is 5.47. The summed E-state index contributed by atoms with van der Waals surface area (Å²) >= 11 is 5.74. The highest BCUT2D eigenvalue weighted by Gasteiger charge is 2.15. The van der Waals surface area contributed by atoms with Crippen LogP contribution >= 0.6 is 11.6 Å². The van der Waals surface area contributed by atoms with E-state index in [4.69, 9.17) is 11.6 Å². The summed E-state index contributed by atoms with van der Waals surface area (Å²) in [6, 6.07) is 2.15. The molecular formula is C12H19ClN2. The Morgan fingerprint density at radius 1 is 1.40 bits per heavy atom. The summed E-state index contributed by atoms with van der Waals surface area (Å²) in [5.74, 6) is 0.687. The van der Waals surface area contributed by atoms with Gasteiger partial charge in [-0.15, -0.1) is 11.6 Å². The van der Waals surface area contributed by atoms with Gasteiger partial charge in [-0.2, -0.15) is 0 Å². The quantitative estimate of drug-likeness (QED) is 0.781. The Balaban J connectivity index is 2.49. The van der Waals surface area contributed by atoms with Crippen molar-refractivity contribution in [3.05, 3.63) is 29.6 Å². The average Bonchev–Trinajstić information content (AvgIpc) is 2.15. The first-order valence-corrected chi connectivity index (χ1v) is 5.78. The second-order valence-corrected chi connectivity index (χ2v) is 4.92. The maximum atomic E-state index is 5.74. The predicted molar refractivity (Wildman–Crippen MR) is 65.2 cm³/mol. The number of halogens is 1. The lowest BCUT2D eigenvalue weighted by molar-refractivity contribution is 0.376. The van der Waals surface area contributed by atoms with E-state index in [0.717, 1.165) is 13.0 Å². The lowest BCUT2D eigenvalue weighted by atomic mass is 10.0. The van der Waals surface area contributed by atoms with Gasteiger partial charge in [-0.25, -0.2) is 0 Å². The zero-order valence-electron chi connectivity index (χ0n) is 9.68. The number of rotatable bonds is 5. The molecule has 0 fully saturated rings. The maximum Gasteiger partial charge on any atom is 0.0313 e. The van der Waals surface area contributed by atoms with Crippen LogP contribution in [0.15, 0.2) is 18.5 Å². The van der Waals surface area contributed by atoms with Crippen LogP contribution in [-0.2, 0) is 6.54 Å². The van der Waals surface area contributed by atoms with Gasteiger partial charge < -0.3 is 5.32 Å². The number of aryl methyl sites for hydroxylation is 1. The van der Waals surface area contributed by atoms with Crippen LogP contribution < -0.4 is 5.32 Å². The van der Waals surface area contributed by atoms with Gasteiger partial charge >= 0.3 is 0 Å². The summed E-state index contributed by atoms with van der Waals surface area (Å²) in [6.45, 7) is 7.23. The Morgan fingerprint density at radius 2 is 2.13 bits per heavy atom. The molecule has 0 aliphatic rings. The smallest absolute Gasteiger partial charge is 0.0313 e. The molecule has 0 unspecified atom stereocenters. The van der Waals surface area contributed by atoms with Crippen molar-refractivity contribution in [1.82, 2.24) is 10.3 Å². The minimum absolute atomic E-state index is 0.0888. The molecule has 0 saturated carbocycles. The van der Waals surface area contributed by atoms with Crippen LogP contribution in [0.25, 0.3) is 0 Å². The first-order valence-electron chi connectivity index (χ1n) is 5.25. The van der Waals surface area contributed by atoms with Gasteiger partial charge in [0.2, 0.25) is 0 Å². The molecular weight excluding hydrogens is 208 g/mol. The van der Waals surface area contributed by atoms with Gasteiger partial charge in [-0.3, -0.25) is 4.98 Å². The summed E-state index contributed by atoms with van der Waals surface area (Å²) in [4.78, 5) is 4.16. The third-order valence-corrected chi connectivity index (χ3v) is 2.61. The number of nitrogens with zero attached hydrogens (tertiary/aromatic N) is 1. The van der Waals surface area contributed by atoms with Crippen molar-refractivity contribution in [2.75, 3.05) is 5.88 Å². The van der Waals surface area contributed by atoms with E-state index < -0.39 is 0 Å². The van der Waals surface area contributed by atoms with Crippen LogP contribution in [-0.4, -0.2) is 16.4 Å². The highest BCUT2D eigenvalue weighted by molar-refractivity contribution is 6.17. The molecule has 1 rings (SSSR count). The Kier molecular flexibility index (Phi) is 4.55. The van der Waals surface area contributed by atoms with E-state index >= 15 is 0 Å². The molecule has 1 heterocycles. The summed E-state index contributed by atoms with van der Waals surface area (Å²) in [6.07, 6.45) is 4.73. The summed E-state index contributed by atoms with van der Waals surface area (Å²) in [7, 11) is 0. The van der Waals surface area contributed by atoms with Gasteiger partial charge in [-0.05, 0) is 38.3 Å². The van der Waals surface area contributed by atoms with Crippen LogP contribution in [0.5, 0.6) is 0 Å². The van der Waals surface area contributed by atoms with Gasteiger partial charge in [-0.1, -0.05) is 6.07 Å². The largest absolute Gasteiger partial charge is 0.308 e. The summed E-state index contributed by atoms with van der Waals surface area (Å²) in [5.41, 5.74) is 2.51. The topological polar surface area (TPSA) is 24.9 Å². The minimum Gasteiger partial charge on any atom is -0.308 e. The lowest BCUT2D eigenvalue weighted by Crippen LogP contribution is -2.39. The lowest BCUT2D eigenvalue weighted by Gasteiger charge is -2.25. The fourth-order valence-electron chi connectivity index (χ4n) is 1.38. The zero-order valence-corrected chi connectivity index (χ0v) is 10.4. The molecule has 2 nitrogen and oxygen atoms in total. The molecule has 0 atom stereocenters. The van der Waals surface area contributed by atoms with Crippen molar-refractivity contribution in [1.29, 1.82) is 0 Å². The van der Waals surface area contributed by atoms with E-state index in [-0.39, 0.29) is 5.54 Å². The number of aromatic nitrogens is 1. The summed E-state index contributed by atoms with van der Waals surface area (Å²) in [5, 5.41) is 3.48. The Morgan fingerprint density at radius 3 is 2.73 bits per heavy atom. The monoisotopic (exact) mass is 226 g/mol. The van der Waals surface area contributed by atoms with Gasteiger partial charge in [0.25, 0.3) is 0 Å². The Bertz CT molecular complexity index is 310. The molecule has 0 saturated heterocycles. The maximum absolute atomic E-state index is 5.74. The molecule has 15 heavy (non-hydrogen) atoms. The third kappa shape index (κ3) is 4.63. The van der Waals surface area contributed by atoms with Crippen LogP contribution in [0.3, 0.4) is 0 Å². The normalized spacial score (nSPS) is 11.7. The minimum atomic E-state index is 0.0888. The Hall–Kier alpha value is -0.600. The van der Waals surface area contributed by atoms with Gasteiger partial charge in [0.15, 0.2) is 0 Å². The molecule has 3 heteroatoms. The molecule has 1 aromatic heterocycles. The van der Waals surface area contributed by atoms with Gasteiger partial charge in [0.1, 0.15) is 0 Å². The molecule has 84 valence electrons. The highest BCUT2D eigenvalue weighted by atomic mass is 35.5. The molecule has 0 amide bonds. The molecule has 1 aromatic rings. The van der Waals surface area contributed by atoms with Gasteiger partial charge in [0, 0.05) is 30.4 Å². The number of hydrogen-bond donors (Lipinski definition) is 1. The van der Waals surface area contributed by atoms with E-state index in [9.17, 15) is 0 Å². The van der Waals surface area contributed by atoms with E-state index in [1.807, 2.05) is 12.4 Å². The van der Waals surface area contributed by atoms with Crippen molar-refractivity contribution in [2.24, 2.45) is 0 Å². The molecule has 0 radical (unpaired) electrons. The van der Waals surface area contributed by atoms with Crippen LogP contribution in [0, 0.1) is 6.92 Å². The predicted octanol–water partition coefficient (Wildman–Crippen LogP) is 2.89. The Labute approximate surface area is 97.1 Å². The van der Waals surface area contributed by atoms with Crippen molar-refractivity contribution in [3.8, 4) is 0 Å². The molecule has 0 aliphatic carbocycles. The SMILES string of the molecule is Cc1cncc(CNC(C)(C)CCCl)c1. The molecule has 0 aliphatic heterocycles. The summed E-state index contributed by atoms with van der Waals surface area (Å²) < 4.78 is 0. The highest BCUT2D eigenvalue weighted by Crippen LogP contribution is 2.11. The average molecular weight is 227 g/mol. The standard InChI is InChI=1S/C12H19ClN2/c1-10-6-11(8-14-7-10)9-15-12(2,3)4-5-13/h6-8,15H,4-5,9H2,1-3H3. The van der Waals surface area contributed by atoms with Crippen LogP contribution in [0.4, 0.5) is 0 Å². The van der Waals surface area contributed by atoms with Crippen molar-refractivity contribution in [2.45, 2.75) is 39.3 Å². The van der Waals surface area contributed by atoms with E-state index in [1.54, 1.807) is 0 Å². The molecule has 1 N–H and O–H groups in total. The fraction of sp³-hybridized carbons (Fsp3) is 0.583. The van der Waals surface area contributed by atoms with Crippen LogP contribution in [0.2, 0.25) is 0 Å². The van der Waals surface area contributed by atoms with Crippen molar-refractivity contribution >= 4 is 11.6 Å². The number of hydrogen-bond acceptors (Lipinski definition) is 2.